The minimum Gasteiger partial charge on any atom is -0.471 e. The van der Waals surface area contributed by atoms with Gasteiger partial charge in [0.2, 0.25) is 12.6 Å². The highest BCUT2D eigenvalue weighted by molar-refractivity contribution is 5.94. The molecule has 13 nitrogen and oxygen atoms in total. The molecule has 1 saturated heterocycles. The summed E-state index contributed by atoms with van der Waals surface area (Å²) in [6.07, 6.45) is -4.19. The van der Waals surface area contributed by atoms with E-state index in [2.05, 4.69) is 0 Å². The maximum absolute atomic E-state index is 12.1. The normalized spacial score (nSPS) is 30.8. The molecule has 3 heterocycles. The molecule has 0 unspecified atom stereocenters. The van der Waals surface area contributed by atoms with E-state index < -0.39 is 72.8 Å². The Morgan fingerprint density at radius 3 is 2.11 bits per heavy atom. The Kier molecular flexibility index (Phi) is 9.27. The minimum absolute atomic E-state index is 0.0910. The summed E-state index contributed by atoms with van der Waals surface area (Å²) in [5.41, 5.74) is 0.931. The van der Waals surface area contributed by atoms with Crippen molar-refractivity contribution in [1.29, 1.82) is 0 Å². The third kappa shape index (κ3) is 6.86. The Morgan fingerprint density at radius 2 is 1.51 bits per heavy atom. The van der Waals surface area contributed by atoms with Crippen LogP contribution in [0.3, 0.4) is 0 Å². The van der Waals surface area contributed by atoms with Crippen LogP contribution in [0.2, 0.25) is 0 Å². The fourth-order valence-corrected chi connectivity index (χ4v) is 4.33. The molecule has 3 aliphatic rings. The van der Waals surface area contributed by atoms with Crippen molar-refractivity contribution in [3.8, 4) is 0 Å². The molecule has 0 N–H and O–H groups in total. The molecule has 204 valence electrons. The average molecular weight is 526 g/mol. The predicted octanol–water partition coefficient (Wildman–Crippen LogP) is 0.836. The lowest BCUT2D eigenvalue weighted by molar-refractivity contribution is -0.340. The molecule has 0 aromatic rings. The Bertz CT molecular complexity index is 983. The zero-order chi connectivity index (χ0) is 27.3. The van der Waals surface area contributed by atoms with Crippen molar-refractivity contribution in [2.75, 3.05) is 13.2 Å². The van der Waals surface area contributed by atoms with Gasteiger partial charge in [-0.25, -0.2) is 4.79 Å². The second-order valence-corrected chi connectivity index (χ2v) is 8.51. The molecule has 0 radical (unpaired) electrons. The number of cyclic esters (lactones) is 1. The molecule has 7 atom stereocenters. The molecule has 0 saturated carbocycles. The number of rotatable bonds is 8. The van der Waals surface area contributed by atoms with Gasteiger partial charge in [-0.05, 0) is 18.1 Å². The molecular formula is C24H30O13. The number of carbonyl (C=O) groups is 5. The van der Waals surface area contributed by atoms with Crippen LogP contribution >= 0.6 is 0 Å². The third-order valence-corrected chi connectivity index (χ3v) is 5.75. The van der Waals surface area contributed by atoms with Crippen molar-refractivity contribution in [2.24, 2.45) is 5.92 Å². The fraction of sp³-hybridized carbons (Fsp3) is 0.625. The zero-order valence-electron chi connectivity index (χ0n) is 21.1. The number of fused-ring (bicyclic) bond motifs is 1. The fourth-order valence-electron chi connectivity index (χ4n) is 4.33. The molecule has 0 bridgehead atoms. The maximum atomic E-state index is 12.1. The first-order chi connectivity index (χ1) is 17.5. The highest BCUT2D eigenvalue weighted by Crippen LogP contribution is 2.38. The Hall–Kier alpha value is -3.45. The van der Waals surface area contributed by atoms with Crippen LogP contribution in [-0.4, -0.2) is 80.1 Å². The summed E-state index contributed by atoms with van der Waals surface area (Å²) >= 11 is 0. The van der Waals surface area contributed by atoms with Crippen LogP contribution in [0.15, 0.2) is 23.5 Å². The van der Waals surface area contributed by atoms with Crippen LogP contribution < -0.4 is 0 Å². The molecule has 0 aliphatic carbocycles. The minimum atomic E-state index is -1.41. The van der Waals surface area contributed by atoms with E-state index in [0.717, 1.165) is 20.8 Å². The standard InChI is InChI=1S/C24H30O13/c1-6-15-16-7-8-30-22(29)17(16)9-32-23(15)37-24-21(35-14(5)28)20(34-13(4)27)19(33-12(3)26)18(36-24)10-31-11(2)25/h7,9,15,18-21,23-24H,6,8,10H2,1-5H3/t15-,18-,19-,20+,21-,23+,24+/m1/s1. The molecule has 13 heteroatoms. The maximum Gasteiger partial charge on any atom is 0.341 e. The summed E-state index contributed by atoms with van der Waals surface area (Å²) in [5.74, 6) is -3.85. The van der Waals surface area contributed by atoms with E-state index in [-0.39, 0.29) is 18.8 Å². The van der Waals surface area contributed by atoms with Crippen molar-refractivity contribution in [3.05, 3.63) is 23.5 Å². The first kappa shape index (κ1) is 28.1. The van der Waals surface area contributed by atoms with Gasteiger partial charge in [0.1, 0.15) is 25.6 Å². The van der Waals surface area contributed by atoms with Crippen LogP contribution in [0.5, 0.6) is 0 Å². The molecular weight excluding hydrogens is 496 g/mol. The molecule has 37 heavy (non-hydrogen) atoms. The van der Waals surface area contributed by atoms with Gasteiger partial charge in [-0.2, -0.15) is 0 Å². The lowest BCUT2D eigenvalue weighted by atomic mass is 9.87. The second kappa shape index (κ2) is 12.2. The van der Waals surface area contributed by atoms with Gasteiger partial charge in [-0.3, -0.25) is 19.2 Å². The van der Waals surface area contributed by atoms with E-state index in [1.165, 1.54) is 13.2 Å². The first-order valence-corrected chi connectivity index (χ1v) is 11.7. The van der Waals surface area contributed by atoms with Crippen LogP contribution in [0, 0.1) is 5.92 Å². The lowest BCUT2D eigenvalue weighted by Crippen LogP contribution is -2.63. The molecule has 3 rings (SSSR count). The van der Waals surface area contributed by atoms with E-state index in [1.807, 2.05) is 6.92 Å². The second-order valence-electron chi connectivity index (χ2n) is 8.51. The monoisotopic (exact) mass is 526 g/mol. The van der Waals surface area contributed by atoms with Gasteiger partial charge in [-0.1, -0.05) is 6.92 Å². The molecule has 1 fully saturated rings. The number of carbonyl (C=O) groups excluding carboxylic acids is 5. The molecule has 3 aliphatic heterocycles. The van der Waals surface area contributed by atoms with Gasteiger partial charge in [-0.15, -0.1) is 0 Å². The molecule has 0 amide bonds. The van der Waals surface area contributed by atoms with Gasteiger partial charge in [0, 0.05) is 33.6 Å². The van der Waals surface area contributed by atoms with E-state index in [9.17, 15) is 24.0 Å². The summed E-state index contributed by atoms with van der Waals surface area (Å²) in [6, 6.07) is 0. The van der Waals surface area contributed by atoms with Crippen LogP contribution in [0.4, 0.5) is 0 Å². The largest absolute Gasteiger partial charge is 0.471 e. The Morgan fingerprint density at radius 1 is 0.892 bits per heavy atom. The summed E-state index contributed by atoms with van der Waals surface area (Å²) in [4.78, 5) is 59.5. The Balaban J connectivity index is 1.97. The van der Waals surface area contributed by atoms with E-state index in [1.54, 1.807) is 6.08 Å². The highest BCUT2D eigenvalue weighted by atomic mass is 16.8. The lowest BCUT2D eigenvalue weighted by Gasteiger charge is -2.45. The quantitative estimate of drug-likeness (QED) is 0.324. The number of esters is 5. The summed E-state index contributed by atoms with van der Waals surface area (Å²) < 4.78 is 44.0. The van der Waals surface area contributed by atoms with E-state index in [4.69, 9.17) is 37.9 Å². The van der Waals surface area contributed by atoms with Crippen molar-refractivity contribution in [3.63, 3.8) is 0 Å². The van der Waals surface area contributed by atoms with E-state index >= 15 is 0 Å². The van der Waals surface area contributed by atoms with Crippen LogP contribution in [0.25, 0.3) is 0 Å². The summed E-state index contributed by atoms with van der Waals surface area (Å²) in [6.45, 7) is 6.13. The van der Waals surface area contributed by atoms with E-state index in [0.29, 0.717) is 12.0 Å². The zero-order valence-corrected chi connectivity index (χ0v) is 21.1. The number of hydrogen-bond acceptors (Lipinski definition) is 13. The smallest absolute Gasteiger partial charge is 0.341 e. The molecule has 0 spiro atoms. The average Bonchev–Trinajstić information content (AvgIpc) is 2.80. The predicted molar refractivity (Wildman–Crippen MR) is 119 cm³/mol. The van der Waals surface area contributed by atoms with Gasteiger partial charge in [0.05, 0.1) is 5.57 Å². The number of ether oxygens (including phenoxy) is 8. The van der Waals surface area contributed by atoms with Crippen molar-refractivity contribution >= 4 is 29.8 Å². The Labute approximate surface area is 212 Å². The number of hydrogen-bond donors (Lipinski definition) is 0. The van der Waals surface area contributed by atoms with Crippen molar-refractivity contribution in [2.45, 2.75) is 78.0 Å². The highest BCUT2D eigenvalue weighted by Gasteiger charge is 2.54. The SMILES string of the molecule is CC[C@@H]1C2=CCOC(=O)C2=CO[C@H]1O[C@@H]1O[C@H](COC(C)=O)[C@@H](OC(C)=O)[C@H](OC(C)=O)[C@H]1OC(C)=O. The molecule has 0 aromatic heterocycles. The van der Waals surface area contributed by atoms with Gasteiger partial charge >= 0.3 is 29.8 Å². The summed E-state index contributed by atoms with van der Waals surface area (Å²) in [7, 11) is 0. The first-order valence-electron chi connectivity index (χ1n) is 11.7. The topological polar surface area (TPSA) is 159 Å². The summed E-state index contributed by atoms with van der Waals surface area (Å²) in [5, 5.41) is 0. The van der Waals surface area contributed by atoms with Gasteiger partial charge in [0.25, 0.3) is 0 Å². The van der Waals surface area contributed by atoms with Crippen LogP contribution in [0.1, 0.15) is 41.0 Å². The van der Waals surface area contributed by atoms with Crippen LogP contribution in [-0.2, 0) is 61.9 Å². The van der Waals surface area contributed by atoms with Crippen molar-refractivity contribution in [1.82, 2.24) is 0 Å². The van der Waals surface area contributed by atoms with Crippen molar-refractivity contribution < 1.29 is 61.9 Å². The van der Waals surface area contributed by atoms with Gasteiger partial charge < -0.3 is 37.9 Å². The third-order valence-electron chi connectivity index (χ3n) is 5.75. The molecule has 0 aromatic carbocycles. The van der Waals surface area contributed by atoms with Gasteiger partial charge in [0.15, 0.2) is 18.3 Å².